The van der Waals surface area contributed by atoms with Crippen LogP contribution in [0.4, 0.5) is 5.13 Å². The maximum atomic E-state index is 13.2. The number of aliphatic imine (C=N–C) groups is 1. The Labute approximate surface area is 210 Å². The van der Waals surface area contributed by atoms with Crippen LogP contribution in [-0.4, -0.2) is 46.4 Å². The molecule has 0 bridgehead atoms. The Hall–Kier alpha value is -3.89. The van der Waals surface area contributed by atoms with Crippen LogP contribution < -0.4 is 14.8 Å². The van der Waals surface area contributed by atoms with Crippen LogP contribution in [0.5, 0.6) is 10.9 Å². The second-order valence-electron chi connectivity index (χ2n) is 7.27. The van der Waals surface area contributed by atoms with E-state index in [1.165, 1.54) is 6.20 Å². The van der Waals surface area contributed by atoms with Crippen LogP contribution in [0.1, 0.15) is 27.3 Å². The number of hydrogen-bond donors (Lipinski definition) is 1. The number of carbonyl (C=O) groups excluding carboxylic acids is 1. The summed E-state index contributed by atoms with van der Waals surface area (Å²) in [5.41, 5.74) is 4.03. The number of amides is 1. The lowest BCUT2D eigenvalue weighted by molar-refractivity contribution is 0.102. The van der Waals surface area contributed by atoms with Gasteiger partial charge in [-0.25, -0.2) is 0 Å². The van der Waals surface area contributed by atoms with Gasteiger partial charge in [0.05, 0.1) is 23.4 Å². The van der Waals surface area contributed by atoms with Crippen LogP contribution in [0.2, 0.25) is 5.02 Å². The van der Waals surface area contributed by atoms with E-state index in [0.717, 1.165) is 28.2 Å². The minimum Gasteiger partial charge on any atom is -0.495 e. The van der Waals surface area contributed by atoms with Gasteiger partial charge in [0.15, 0.2) is 0 Å². The first-order valence-electron chi connectivity index (χ1n) is 10.4. The molecule has 0 aliphatic carbocycles. The zero-order chi connectivity index (χ0) is 24.8. The van der Waals surface area contributed by atoms with Crippen LogP contribution in [0.25, 0.3) is 11.1 Å². The number of hydrogen-bond acceptors (Lipinski definition) is 9. The van der Waals surface area contributed by atoms with E-state index in [1.54, 1.807) is 38.7 Å². The zero-order valence-electron chi connectivity index (χ0n) is 19.2. The Morgan fingerprint density at radius 3 is 2.77 bits per heavy atom. The maximum Gasteiger partial charge on any atom is 0.296 e. The molecule has 0 aliphatic rings. The lowest BCUT2D eigenvalue weighted by Crippen LogP contribution is -2.14. The van der Waals surface area contributed by atoms with E-state index in [2.05, 4.69) is 30.5 Å². The second kappa shape index (κ2) is 11.0. The maximum absolute atomic E-state index is 13.2. The number of para-hydroxylation sites is 1. The molecule has 4 rings (SSSR count). The Morgan fingerprint density at radius 1 is 1.17 bits per heavy atom. The van der Waals surface area contributed by atoms with E-state index in [0.29, 0.717) is 37.9 Å². The molecule has 0 unspecified atom stereocenters. The van der Waals surface area contributed by atoms with Gasteiger partial charge in [0.25, 0.3) is 11.1 Å². The topological polar surface area (TPSA) is 111 Å². The Bertz CT molecular complexity index is 1370. The summed E-state index contributed by atoms with van der Waals surface area (Å²) in [5, 5.41) is 11.9. The van der Waals surface area contributed by atoms with E-state index < -0.39 is 0 Å². The molecule has 11 heteroatoms. The molecule has 4 aromatic rings. The minimum absolute atomic E-state index is 0.197. The van der Waals surface area contributed by atoms with Crippen molar-refractivity contribution in [1.29, 1.82) is 0 Å². The zero-order valence-corrected chi connectivity index (χ0v) is 20.7. The smallest absolute Gasteiger partial charge is 0.296 e. The van der Waals surface area contributed by atoms with Gasteiger partial charge >= 0.3 is 0 Å². The molecule has 3 aromatic heterocycles. The predicted octanol–water partition coefficient (Wildman–Crippen LogP) is 4.85. The van der Waals surface area contributed by atoms with Gasteiger partial charge in [0, 0.05) is 48.0 Å². The lowest BCUT2D eigenvalue weighted by Gasteiger charge is -2.15. The molecule has 9 nitrogen and oxygen atoms in total. The molecule has 35 heavy (non-hydrogen) atoms. The van der Waals surface area contributed by atoms with Crippen molar-refractivity contribution in [3.63, 3.8) is 0 Å². The summed E-state index contributed by atoms with van der Waals surface area (Å²) in [6.45, 7) is 2.06. The van der Waals surface area contributed by atoms with E-state index in [-0.39, 0.29) is 12.5 Å². The first kappa shape index (κ1) is 24.2. The average molecular weight is 509 g/mol. The fourth-order valence-corrected chi connectivity index (χ4v) is 4.01. The first-order chi connectivity index (χ1) is 17.0. The third-order valence-corrected chi connectivity index (χ3v) is 5.83. The fraction of sp³-hybridized carbons (Fsp3) is 0.167. The van der Waals surface area contributed by atoms with E-state index in [9.17, 15) is 4.79 Å². The van der Waals surface area contributed by atoms with Crippen molar-refractivity contribution in [1.82, 2.24) is 20.2 Å². The highest BCUT2D eigenvalue weighted by atomic mass is 35.5. The Morgan fingerprint density at radius 2 is 2.03 bits per heavy atom. The van der Waals surface area contributed by atoms with E-state index in [4.69, 9.17) is 21.1 Å². The molecule has 1 aromatic carbocycles. The van der Waals surface area contributed by atoms with E-state index >= 15 is 0 Å². The number of aromatic nitrogens is 4. The standard InChI is InChI=1S/C24H21ClN6O3S/c1-14-9-19(18-6-4-5-15(10-26-2)21(18)33-3)20(12-27-14)22(32)29-23-30-31-24(35-23)34-13-17-8-7-16(25)11-28-17/h4-12H,13H2,1-3H3,(H,29,30,32)/b26-10-. The summed E-state index contributed by atoms with van der Waals surface area (Å²) >= 11 is 6.95. The lowest BCUT2D eigenvalue weighted by atomic mass is 9.97. The van der Waals surface area contributed by atoms with Gasteiger partial charge in [-0.3, -0.25) is 25.1 Å². The quantitative estimate of drug-likeness (QED) is 0.339. The van der Waals surface area contributed by atoms with Crippen LogP contribution in [0, 0.1) is 6.92 Å². The predicted molar refractivity (Wildman–Crippen MR) is 136 cm³/mol. The summed E-state index contributed by atoms with van der Waals surface area (Å²) < 4.78 is 11.3. The number of aryl methyl sites for hydroxylation is 1. The number of methoxy groups -OCH3 is 1. The van der Waals surface area contributed by atoms with Crippen molar-refractivity contribution in [2.24, 2.45) is 4.99 Å². The van der Waals surface area contributed by atoms with Crippen LogP contribution in [-0.2, 0) is 6.61 Å². The number of carbonyl (C=O) groups is 1. The van der Waals surface area contributed by atoms with Gasteiger partial charge in [-0.05, 0) is 42.5 Å². The summed E-state index contributed by atoms with van der Waals surface area (Å²) in [7, 11) is 3.27. The highest BCUT2D eigenvalue weighted by molar-refractivity contribution is 7.17. The summed E-state index contributed by atoms with van der Waals surface area (Å²) in [6, 6.07) is 11.0. The molecule has 1 amide bonds. The van der Waals surface area contributed by atoms with Crippen molar-refractivity contribution in [2.75, 3.05) is 19.5 Å². The van der Waals surface area contributed by atoms with Crippen LogP contribution in [0.15, 0.2) is 53.8 Å². The number of anilines is 1. The molecule has 178 valence electrons. The molecule has 0 radical (unpaired) electrons. The third-order valence-electron chi connectivity index (χ3n) is 4.85. The average Bonchev–Trinajstić information content (AvgIpc) is 3.30. The van der Waals surface area contributed by atoms with Gasteiger partial charge in [-0.2, -0.15) is 0 Å². The van der Waals surface area contributed by atoms with Gasteiger partial charge in [0.1, 0.15) is 12.4 Å². The molecule has 0 aliphatic heterocycles. The van der Waals surface area contributed by atoms with Gasteiger partial charge < -0.3 is 9.47 Å². The van der Waals surface area contributed by atoms with E-state index in [1.807, 2.05) is 31.2 Å². The van der Waals surface area contributed by atoms with Crippen molar-refractivity contribution in [2.45, 2.75) is 13.5 Å². The van der Waals surface area contributed by atoms with Crippen LogP contribution in [0.3, 0.4) is 0 Å². The molecule has 0 atom stereocenters. The number of pyridine rings is 2. The molecule has 1 N–H and O–H groups in total. The largest absolute Gasteiger partial charge is 0.495 e. The monoisotopic (exact) mass is 508 g/mol. The first-order valence-corrected chi connectivity index (χ1v) is 11.6. The Balaban J connectivity index is 1.56. The number of rotatable bonds is 8. The molecular formula is C24H21ClN6O3S. The molecule has 3 heterocycles. The van der Waals surface area contributed by atoms with Crippen molar-refractivity contribution in [3.8, 4) is 22.1 Å². The summed E-state index contributed by atoms with van der Waals surface area (Å²) in [5.74, 6) is 0.228. The molecule has 0 spiro atoms. The van der Waals surface area contributed by atoms with Gasteiger partial charge in [-0.15, -0.1) is 5.10 Å². The van der Waals surface area contributed by atoms with Crippen molar-refractivity contribution in [3.05, 3.63) is 76.3 Å². The highest BCUT2D eigenvalue weighted by Crippen LogP contribution is 2.35. The third kappa shape index (κ3) is 5.79. The van der Waals surface area contributed by atoms with Gasteiger partial charge in [-0.1, -0.05) is 28.8 Å². The van der Waals surface area contributed by atoms with Crippen LogP contribution >= 0.6 is 22.9 Å². The minimum atomic E-state index is -0.383. The Kier molecular flexibility index (Phi) is 7.64. The molecule has 0 fully saturated rings. The van der Waals surface area contributed by atoms with Crippen molar-refractivity contribution < 1.29 is 14.3 Å². The molecule has 0 saturated heterocycles. The summed E-state index contributed by atoms with van der Waals surface area (Å²) in [4.78, 5) is 25.8. The highest BCUT2D eigenvalue weighted by Gasteiger charge is 2.20. The number of halogens is 1. The molecule has 0 saturated carbocycles. The van der Waals surface area contributed by atoms with Gasteiger partial charge in [0.2, 0.25) is 5.13 Å². The summed E-state index contributed by atoms with van der Waals surface area (Å²) in [6.07, 6.45) is 4.78. The molecular weight excluding hydrogens is 488 g/mol. The fourth-order valence-electron chi connectivity index (χ4n) is 3.31. The number of nitrogens with zero attached hydrogens (tertiary/aromatic N) is 5. The normalized spacial score (nSPS) is 11.0. The second-order valence-corrected chi connectivity index (χ2v) is 8.65. The van der Waals surface area contributed by atoms with Crippen molar-refractivity contribution >= 4 is 40.2 Å². The number of benzene rings is 1. The SMILES string of the molecule is C/N=C\c1cccc(-c2cc(C)ncc2C(=O)Nc2nnc(OCc3ccc(Cl)cn3)s2)c1OC. The number of ether oxygens (including phenoxy) is 2. The number of nitrogens with one attached hydrogen (secondary N) is 1.